The van der Waals surface area contributed by atoms with Crippen molar-refractivity contribution < 1.29 is 14.6 Å². The molecule has 0 spiro atoms. The predicted octanol–water partition coefficient (Wildman–Crippen LogP) is 1.63. The molecule has 0 aliphatic rings. The highest BCUT2D eigenvalue weighted by Crippen LogP contribution is 2.18. The average molecular weight is 264 g/mol. The lowest BCUT2D eigenvalue weighted by Gasteiger charge is -2.12. The van der Waals surface area contributed by atoms with Gasteiger partial charge in [0.2, 0.25) is 0 Å². The Bertz CT molecular complexity index is 656. The number of rotatable bonds is 5. The minimum absolute atomic E-state index is 0.0168. The molecule has 2 aromatic rings. The SMILES string of the molecule is COCCC(C)n1c(=O)[nH]c2cc(C(=O)O)ccc21. The van der Waals surface area contributed by atoms with E-state index < -0.39 is 5.97 Å². The fraction of sp³-hybridized carbons (Fsp3) is 0.385. The summed E-state index contributed by atoms with van der Waals surface area (Å²) in [5.41, 5.74) is 1.17. The van der Waals surface area contributed by atoms with Crippen molar-refractivity contribution in [2.45, 2.75) is 19.4 Å². The average Bonchev–Trinajstić information content (AvgIpc) is 2.70. The number of aromatic nitrogens is 2. The van der Waals surface area contributed by atoms with Crippen molar-refractivity contribution >= 4 is 17.0 Å². The third-order valence-corrected chi connectivity index (χ3v) is 3.14. The standard InChI is InChI=1S/C13H16N2O4/c1-8(5-6-19-2)15-11-4-3-9(12(16)17)7-10(11)14-13(15)18/h3-4,7-8H,5-6H2,1-2H3,(H,14,18)(H,16,17). The minimum atomic E-state index is -1.01. The van der Waals surface area contributed by atoms with Gasteiger partial charge in [-0.15, -0.1) is 0 Å². The van der Waals surface area contributed by atoms with Gasteiger partial charge in [0.15, 0.2) is 0 Å². The summed E-state index contributed by atoms with van der Waals surface area (Å²) in [5, 5.41) is 8.93. The molecule has 0 bridgehead atoms. The van der Waals surface area contributed by atoms with Crippen LogP contribution in [-0.2, 0) is 4.74 Å². The van der Waals surface area contributed by atoms with E-state index in [0.29, 0.717) is 24.1 Å². The Balaban J connectivity index is 2.48. The number of fused-ring (bicyclic) bond motifs is 1. The van der Waals surface area contributed by atoms with Crippen molar-refractivity contribution in [1.29, 1.82) is 0 Å². The van der Waals surface area contributed by atoms with Crippen LogP contribution in [0.1, 0.15) is 29.7 Å². The molecule has 2 rings (SSSR count). The van der Waals surface area contributed by atoms with E-state index in [1.54, 1.807) is 17.7 Å². The zero-order chi connectivity index (χ0) is 14.0. The second-order valence-electron chi connectivity index (χ2n) is 4.47. The van der Waals surface area contributed by atoms with Crippen LogP contribution in [0.4, 0.5) is 0 Å². The smallest absolute Gasteiger partial charge is 0.335 e. The molecule has 0 saturated heterocycles. The number of aromatic carboxylic acids is 1. The molecule has 1 aromatic carbocycles. The minimum Gasteiger partial charge on any atom is -0.478 e. The Morgan fingerprint density at radius 1 is 1.53 bits per heavy atom. The number of ether oxygens (including phenoxy) is 1. The van der Waals surface area contributed by atoms with Crippen LogP contribution in [0.5, 0.6) is 0 Å². The molecular formula is C13H16N2O4. The highest BCUT2D eigenvalue weighted by Gasteiger charge is 2.14. The normalized spacial score (nSPS) is 12.7. The third kappa shape index (κ3) is 2.53. The van der Waals surface area contributed by atoms with E-state index in [9.17, 15) is 9.59 Å². The topological polar surface area (TPSA) is 84.3 Å². The molecule has 0 aliphatic carbocycles. The summed E-state index contributed by atoms with van der Waals surface area (Å²) in [7, 11) is 1.61. The number of carboxylic acid groups (broad SMARTS) is 1. The van der Waals surface area contributed by atoms with Crippen LogP contribution in [0, 0.1) is 0 Å². The molecule has 1 aromatic heterocycles. The maximum atomic E-state index is 11.9. The Morgan fingerprint density at radius 3 is 2.89 bits per heavy atom. The summed E-state index contributed by atoms with van der Waals surface area (Å²) >= 11 is 0. The van der Waals surface area contributed by atoms with Crippen LogP contribution < -0.4 is 5.69 Å². The van der Waals surface area contributed by atoms with Gasteiger partial charge in [-0.1, -0.05) is 0 Å². The fourth-order valence-corrected chi connectivity index (χ4v) is 2.12. The third-order valence-electron chi connectivity index (χ3n) is 3.14. The summed E-state index contributed by atoms with van der Waals surface area (Å²) in [6.07, 6.45) is 0.712. The van der Waals surface area contributed by atoms with Crippen molar-refractivity contribution in [2.75, 3.05) is 13.7 Å². The number of hydrogen-bond acceptors (Lipinski definition) is 3. The van der Waals surface area contributed by atoms with Crippen molar-refractivity contribution in [1.82, 2.24) is 9.55 Å². The second kappa shape index (κ2) is 5.27. The van der Waals surface area contributed by atoms with Crippen LogP contribution in [-0.4, -0.2) is 34.3 Å². The van der Waals surface area contributed by atoms with Gasteiger partial charge >= 0.3 is 11.7 Å². The van der Waals surface area contributed by atoms with Crippen LogP contribution in [0.15, 0.2) is 23.0 Å². The van der Waals surface area contributed by atoms with Crippen molar-refractivity contribution in [2.24, 2.45) is 0 Å². The summed E-state index contributed by atoms with van der Waals surface area (Å²) in [5.74, 6) is -1.01. The number of nitrogens with zero attached hydrogens (tertiary/aromatic N) is 1. The largest absolute Gasteiger partial charge is 0.478 e. The van der Waals surface area contributed by atoms with Gasteiger partial charge in [0, 0.05) is 19.8 Å². The van der Waals surface area contributed by atoms with E-state index in [1.165, 1.54) is 12.1 Å². The molecular weight excluding hydrogens is 248 g/mol. The number of H-pyrrole nitrogens is 1. The first-order chi connectivity index (χ1) is 9.04. The molecule has 1 heterocycles. The van der Waals surface area contributed by atoms with Gasteiger partial charge in [-0.3, -0.25) is 4.57 Å². The highest BCUT2D eigenvalue weighted by atomic mass is 16.5. The van der Waals surface area contributed by atoms with Gasteiger partial charge in [0.05, 0.1) is 16.6 Å². The number of benzene rings is 1. The predicted molar refractivity (Wildman–Crippen MR) is 70.7 cm³/mol. The number of carboxylic acids is 1. The molecule has 6 heteroatoms. The lowest BCUT2D eigenvalue weighted by Crippen LogP contribution is -2.21. The van der Waals surface area contributed by atoms with Gasteiger partial charge in [0.25, 0.3) is 0 Å². The molecule has 1 unspecified atom stereocenters. The van der Waals surface area contributed by atoms with E-state index in [0.717, 1.165) is 0 Å². The van der Waals surface area contributed by atoms with Crippen LogP contribution >= 0.6 is 0 Å². The summed E-state index contributed by atoms with van der Waals surface area (Å²) in [6.45, 7) is 2.49. The molecule has 19 heavy (non-hydrogen) atoms. The molecule has 0 radical (unpaired) electrons. The Kier molecular flexibility index (Phi) is 3.71. The van der Waals surface area contributed by atoms with E-state index in [4.69, 9.17) is 9.84 Å². The molecule has 2 N–H and O–H groups in total. The van der Waals surface area contributed by atoms with E-state index >= 15 is 0 Å². The first-order valence-corrected chi connectivity index (χ1v) is 6.01. The second-order valence-corrected chi connectivity index (χ2v) is 4.47. The zero-order valence-corrected chi connectivity index (χ0v) is 10.8. The maximum Gasteiger partial charge on any atom is 0.335 e. The number of methoxy groups -OCH3 is 1. The quantitative estimate of drug-likeness (QED) is 0.859. The monoisotopic (exact) mass is 264 g/mol. The van der Waals surface area contributed by atoms with Crippen molar-refractivity contribution in [3.05, 3.63) is 34.2 Å². The molecule has 0 fully saturated rings. The Labute approximate surface area is 109 Å². The van der Waals surface area contributed by atoms with Gasteiger partial charge in [-0.05, 0) is 31.5 Å². The molecule has 0 amide bonds. The lowest BCUT2D eigenvalue weighted by molar-refractivity contribution is 0.0697. The van der Waals surface area contributed by atoms with Crippen LogP contribution in [0.3, 0.4) is 0 Å². The molecule has 102 valence electrons. The Morgan fingerprint density at radius 2 is 2.26 bits per heavy atom. The van der Waals surface area contributed by atoms with Gasteiger partial charge in [-0.25, -0.2) is 9.59 Å². The number of aromatic amines is 1. The van der Waals surface area contributed by atoms with E-state index in [2.05, 4.69) is 4.98 Å². The van der Waals surface area contributed by atoms with E-state index in [-0.39, 0.29) is 17.3 Å². The summed E-state index contributed by atoms with van der Waals surface area (Å²) in [4.78, 5) is 25.5. The van der Waals surface area contributed by atoms with Crippen molar-refractivity contribution in [3.63, 3.8) is 0 Å². The highest BCUT2D eigenvalue weighted by molar-refractivity contribution is 5.92. The molecule has 1 atom stereocenters. The maximum absolute atomic E-state index is 11.9. The fourth-order valence-electron chi connectivity index (χ4n) is 2.12. The molecule has 0 saturated carbocycles. The van der Waals surface area contributed by atoms with Gasteiger partial charge in [-0.2, -0.15) is 0 Å². The number of carbonyl (C=O) groups is 1. The van der Waals surface area contributed by atoms with Crippen molar-refractivity contribution in [3.8, 4) is 0 Å². The van der Waals surface area contributed by atoms with Crippen LogP contribution in [0.2, 0.25) is 0 Å². The molecule has 6 nitrogen and oxygen atoms in total. The number of nitrogens with one attached hydrogen (secondary N) is 1. The number of hydrogen-bond donors (Lipinski definition) is 2. The number of imidazole rings is 1. The summed E-state index contributed by atoms with van der Waals surface area (Å²) < 4.78 is 6.63. The Hall–Kier alpha value is -2.08. The van der Waals surface area contributed by atoms with Gasteiger partial charge < -0.3 is 14.8 Å². The summed E-state index contributed by atoms with van der Waals surface area (Å²) in [6, 6.07) is 4.60. The van der Waals surface area contributed by atoms with E-state index in [1.807, 2.05) is 6.92 Å². The first kappa shape index (κ1) is 13.4. The van der Waals surface area contributed by atoms with Crippen LogP contribution in [0.25, 0.3) is 11.0 Å². The zero-order valence-electron chi connectivity index (χ0n) is 10.8. The lowest BCUT2D eigenvalue weighted by atomic mass is 10.2. The first-order valence-electron chi connectivity index (χ1n) is 6.01. The molecule has 0 aliphatic heterocycles. The van der Waals surface area contributed by atoms with Gasteiger partial charge in [0.1, 0.15) is 0 Å².